The Morgan fingerprint density at radius 3 is 2.31 bits per heavy atom. The van der Waals surface area contributed by atoms with Gasteiger partial charge < -0.3 is 37.5 Å². The van der Waals surface area contributed by atoms with Crippen LogP contribution in [0.25, 0.3) is 0 Å². The molecule has 0 unspecified atom stereocenters. The van der Waals surface area contributed by atoms with Crippen LogP contribution in [-0.4, -0.2) is 78.6 Å². The maximum atomic E-state index is 13.3. The van der Waals surface area contributed by atoms with Gasteiger partial charge in [-0.05, 0) is 49.1 Å². The molecule has 2 aromatic rings. The number of carbonyl (C=O) groups excluding carboxylic acids is 3. The van der Waals surface area contributed by atoms with Crippen LogP contribution in [0, 0.1) is 6.92 Å². The number of aliphatic hydroxyl groups excluding tert-OH is 1. The van der Waals surface area contributed by atoms with Gasteiger partial charge in [-0.15, -0.1) is 11.3 Å². The topological polar surface area (TPSA) is 98.7 Å². The van der Waals surface area contributed by atoms with Crippen molar-refractivity contribution < 1.29 is 36.4 Å². The molecule has 0 atom stereocenters. The number of halogens is 1. The molecule has 1 aromatic heterocycles. The standard InChI is InChI=1S/C26H36N4O4S.ClH/c1-20-19-35-25(26(34)29(2)12-15-31)24(20)28-23(33)18-30(13-8-3-4-9-14-30)17-22(32)27-16-21-10-6-5-7-11-21;/h5-7,10-11,19,31H,3-4,8-9,12-18H2,1-2H3,(H-,27,28,32,33,34);1H. The first-order valence-corrected chi connectivity index (χ1v) is 13.1. The molecule has 198 valence electrons. The second kappa shape index (κ2) is 14.3. The number of hydrogen-bond acceptors (Lipinski definition) is 5. The lowest BCUT2D eigenvalue weighted by Crippen LogP contribution is -3.00. The highest BCUT2D eigenvalue weighted by Crippen LogP contribution is 2.29. The molecule has 3 N–H and O–H groups in total. The summed E-state index contributed by atoms with van der Waals surface area (Å²) >= 11 is 1.29. The SMILES string of the molecule is Cc1csc(C(=O)N(C)CCO)c1NC(=O)C[N+]1(CC(=O)NCc2ccccc2)CCCCCC1.[Cl-]. The number of carbonyl (C=O) groups is 3. The van der Waals surface area contributed by atoms with E-state index in [2.05, 4.69) is 10.6 Å². The third-order valence-corrected chi connectivity index (χ3v) is 7.61. The molecule has 2 heterocycles. The second-order valence-corrected chi connectivity index (χ2v) is 10.3. The molecule has 1 aliphatic heterocycles. The van der Waals surface area contributed by atoms with E-state index in [4.69, 9.17) is 5.11 Å². The van der Waals surface area contributed by atoms with Gasteiger partial charge in [0.25, 0.3) is 17.7 Å². The van der Waals surface area contributed by atoms with Gasteiger partial charge in [0.15, 0.2) is 13.1 Å². The molecule has 0 radical (unpaired) electrons. The van der Waals surface area contributed by atoms with Crippen molar-refractivity contribution in [2.45, 2.75) is 39.2 Å². The maximum Gasteiger partial charge on any atom is 0.279 e. The number of quaternary nitrogens is 1. The molecule has 36 heavy (non-hydrogen) atoms. The predicted octanol–water partition coefficient (Wildman–Crippen LogP) is -0.229. The third kappa shape index (κ3) is 8.30. The Kier molecular flexibility index (Phi) is 11.8. The zero-order chi connectivity index (χ0) is 25.3. The van der Waals surface area contributed by atoms with Crippen molar-refractivity contribution in [2.24, 2.45) is 0 Å². The van der Waals surface area contributed by atoms with E-state index >= 15 is 0 Å². The van der Waals surface area contributed by atoms with E-state index in [0.29, 0.717) is 21.6 Å². The summed E-state index contributed by atoms with van der Waals surface area (Å²) in [5.41, 5.74) is 2.39. The number of rotatable bonds is 10. The minimum Gasteiger partial charge on any atom is -1.00 e. The van der Waals surface area contributed by atoms with Gasteiger partial charge in [-0.25, -0.2) is 0 Å². The van der Waals surface area contributed by atoms with Crippen LogP contribution in [0.1, 0.15) is 46.5 Å². The maximum absolute atomic E-state index is 13.3. The van der Waals surface area contributed by atoms with Crippen molar-refractivity contribution in [1.82, 2.24) is 10.2 Å². The summed E-state index contributed by atoms with van der Waals surface area (Å²) in [6, 6.07) is 9.79. The molecular formula is C26H37ClN4O4S. The van der Waals surface area contributed by atoms with Crippen LogP contribution in [0.4, 0.5) is 5.69 Å². The Hall–Kier alpha value is -2.46. The smallest absolute Gasteiger partial charge is 0.279 e. The van der Waals surface area contributed by atoms with E-state index in [1.807, 2.05) is 42.6 Å². The zero-order valence-electron chi connectivity index (χ0n) is 21.1. The van der Waals surface area contributed by atoms with Crippen LogP contribution in [0.5, 0.6) is 0 Å². The van der Waals surface area contributed by atoms with Gasteiger partial charge in [-0.2, -0.15) is 0 Å². The molecule has 1 saturated heterocycles. The fourth-order valence-electron chi connectivity index (χ4n) is 4.55. The summed E-state index contributed by atoms with van der Waals surface area (Å²) in [4.78, 5) is 40.9. The second-order valence-electron chi connectivity index (χ2n) is 9.40. The largest absolute Gasteiger partial charge is 1.00 e. The first kappa shape index (κ1) is 29.8. The first-order chi connectivity index (χ1) is 16.8. The quantitative estimate of drug-likeness (QED) is 0.365. The Balaban J connectivity index is 0.00000456. The van der Waals surface area contributed by atoms with E-state index in [1.54, 1.807) is 7.05 Å². The summed E-state index contributed by atoms with van der Waals surface area (Å²) in [5.74, 6) is -0.480. The lowest BCUT2D eigenvalue weighted by Gasteiger charge is -2.36. The summed E-state index contributed by atoms with van der Waals surface area (Å²) in [5, 5.41) is 17.0. The molecule has 3 rings (SSSR count). The fraction of sp³-hybridized carbons (Fsp3) is 0.500. The summed E-state index contributed by atoms with van der Waals surface area (Å²) in [7, 11) is 1.63. The molecular weight excluding hydrogens is 500 g/mol. The number of nitrogens with one attached hydrogen (secondary N) is 2. The average molecular weight is 537 g/mol. The number of amides is 3. The summed E-state index contributed by atoms with van der Waals surface area (Å²) in [6.07, 6.45) is 4.16. The zero-order valence-corrected chi connectivity index (χ0v) is 22.7. The summed E-state index contributed by atoms with van der Waals surface area (Å²) in [6.45, 7) is 4.43. The number of aryl methyl sites for hydroxylation is 1. The highest BCUT2D eigenvalue weighted by atomic mass is 35.5. The highest BCUT2D eigenvalue weighted by Gasteiger charge is 2.34. The van der Waals surface area contributed by atoms with Crippen LogP contribution in [0.3, 0.4) is 0 Å². The number of anilines is 1. The molecule has 8 nitrogen and oxygen atoms in total. The summed E-state index contributed by atoms with van der Waals surface area (Å²) < 4.78 is 0.420. The van der Waals surface area contributed by atoms with E-state index in [9.17, 15) is 14.4 Å². The van der Waals surface area contributed by atoms with Crippen molar-refractivity contribution in [1.29, 1.82) is 0 Å². The number of likely N-dealkylation sites (N-methyl/N-ethyl adjacent to an activating group) is 1. The average Bonchev–Trinajstić information content (AvgIpc) is 3.04. The van der Waals surface area contributed by atoms with Gasteiger partial charge >= 0.3 is 0 Å². The van der Waals surface area contributed by atoms with Gasteiger partial charge in [0, 0.05) is 20.1 Å². The Morgan fingerprint density at radius 2 is 1.67 bits per heavy atom. The number of benzene rings is 1. The van der Waals surface area contributed by atoms with E-state index < -0.39 is 0 Å². The van der Waals surface area contributed by atoms with E-state index in [1.165, 1.54) is 16.2 Å². The predicted molar refractivity (Wildman–Crippen MR) is 138 cm³/mol. The van der Waals surface area contributed by atoms with Gasteiger partial charge in [0.2, 0.25) is 0 Å². The number of nitrogens with zero attached hydrogens (tertiary/aromatic N) is 2. The molecule has 10 heteroatoms. The van der Waals surface area contributed by atoms with Crippen LogP contribution < -0.4 is 23.0 Å². The third-order valence-electron chi connectivity index (χ3n) is 6.52. The lowest BCUT2D eigenvalue weighted by atomic mass is 10.2. The molecule has 3 amide bonds. The monoisotopic (exact) mass is 536 g/mol. The van der Waals surface area contributed by atoms with E-state index in [-0.39, 0.29) is 56.4 Å². The Labute approximate surface area is 223 Å². The van der Waals surface area contributed by atoms with Gasteiger partial charge in [0.05, 0.1) is 25.4 Å². The van der Waals surface area contributed by atoms with Crippen LogP contribution >= 0.6 is 11.3 Å². The molecule has 0 aliphatic carbocycles. The highest BCUT2D eigenvalue weighted by molar-refractivity contribution is 7.13. The van der Waals surface area contributed by atoms with Crippen molar-refractivity contribution in [3.63, 3.8) is 0 Å². The lowest BCUT2D eigenvalue weighted by molar-refractivity contribution is -0.912. The normalized spacial score (nSPS) is 14.8. The number of thiophene rings is 1. The fourth-order valence-corrected chi connectivity index (χ4v) is 5.55. The van der Waals surface area contributed by atoms with Crippen molar-refractivity contribution in [3.8, 4) is 0 Å². The molecule has 0 spiro atoms. The van der Waals surface area contributed by atoms with Crippen LogP contribution in [0.15, 0.2) is 35.7 Å². The minimum atomic E-state index is -0.230. The Morgan fingerprint density at radius 1 is 1.03 bits per heavy atom. The number of likely N-dealkylation sites (tertiary alicyclic amines) is 1. The Bertz CT molecular complexity index is 1010. The van der Waals surface area contributed by atoms with Crippen LogP contribution in [-0.2, 0) is 16.1 Å². The van der Waals surface area contributed by atoms with Crippen LogP contribution in [0.2, 0.25) is 0 Å². The molecule has 0 bridgehead atoms. The number of aliphatic hydroxyl groups is 1. The first-order valence-electron chi connectivity index (χ1n) is 12.2. The molecule has 1 fully saturated rings. The van der Waals surface area contributed by atoms with Crippen molar-refractivity contribution >= 4 is 34.7 Å². The van der Waals surface area contributed by atoms with E-state index in [0.717, 1.165) is 49.9 Å². The van der Waals surface area contributed by atoms with Crippen molar-refractivity contribution in [3.05, 3.63) is 51.7 Å². The molecule has 0 saturated carbocycles. The van der Waals surface area contributed by atoms with Crippen molar-refractivity contribution in [2.75, 3.05) is 51.7 Å². The van der Waals surface area contributed by atoms with Gasteiger partial charge in [0.1, 0.15) is 4.88 Å². The molecule has 1 aliphatic rings. The number of hydrogen-bond donors (Lipinski definition) is 3. The minimum absolute atomic E-state index is 0. The van der Waals surface area contributed by atoms with Gasteiger partial charge in [-0.1, -0.05) is 30.3 Å². The molecule has 1 aromatic carbocycles. The van der Waals surface area contributed by atoms with Gasteiger partial charge in [-0.3, -0.25) is 14.4 Å².